The van der Waals surface area contributed by atoms with Crippen molar-refractivity contribution in [1.29, 1.82) is 10.8 Å². The van der Waals surface area contributed by atoms with Crippen LogP contribution >= 0.6 is 0 Å². The molecule has 0 fully saturated rings. The van der Waals surface area contributed by atoms with Gasteiger partial charge in [0.1, 0.15) is 0 Å². The highest BCUT2D eigenvalue weighted by molar-refractivity contribution is 5.91. The van der Waals surface area contributed by atoms with Crippen molar-refractivity contribution in [2.75, 3.05) is 0 Å². The van der Waals surface area contributed by atoms with E-state index < -0.39 is 28.6 Å². The number of halogens is 3. The number of nitrogens with zero attached hydrogens (tertiary/aromatic N) is 3. The summed E-state index contributed by atoms with van der Waals surface area (Å²) in [5.74, 6) is -5.97. The highest BCUT2D eigenvalue weighted by Crippen LogP contribution is 2.32. The summed E-state index contributed by atoms with van der Waals surface area (Å²) in [5.41, 5.74) is -0.191. The van der Waals surface area contributed by atoms with Gasteiger partial charge in [0, 0.05) is 35.0 Å². The minimum absolute atomic E-state index is 0.0855. The molecular weight excluding hydrogens is 383 g/mol. The molecule has 3 aromatic heterocycles. The second-order valence-electron chi connectivity index (χ2n) is 6.46. The third-order valence-corrected chi connectivity index (χ3v) is 4.43. The molecule has 1 aromatic carbocycles. The molecule has 0 radical (unpaired) electrons. The van der Waals surface area contributed by atoms with E-state index in [0.29, 0.717) is 21.2 Å². The van der Waals surface area contributed by atoms with E-state index in [9.17, 15) is 4.39 Å². The number of benzene rings is 1. The van der Waals surface area contributed by atoms with Crippen molar-refractivity contribution < 1.29 is 17.7 Å². The topological polar surface area (TPSA) is 91.6 Å². The number of rotatable bonds is 3. The van der Waals surface area contributed by atoms with Crippen molar-refractivity contribution >= 4 is 16.7 Å². The van der Waals surface area contributed by atoms with Gasteiger partial charge in [-0.3, -0.25) is 20.4 Å². The van der Waals surface area contributed by atoms with Gasteiger partial charge in [0.25, 0.3) is 0 Å². The Morgan fingerprint density at radius 2 is 1.97 bits per heavy atom. The van der Waals surface area contributed by atoms with Crippen molar-refractivity contribution in [3.8, 4) is 11.3 Å². The fourth-order valence-corrected chi connectivity index (χ4v) is 2.93. The van der Waals surface area contributed by atoms with Gasteiger partial charge in [-0.05, 0) is 31.2 Å². The molecule has 0 unspecified atom stereocenters. The summed E-state index contributed by atoms with van der Waals surface area (Å²) in [6, 6.07) is 9.53. The number of alkyl halides is 2. The lowest BCUT2D eigenvalue weighted by atomic mass is 10.0. The Balaban J connectivity index is 1.81. The van der Waals surface area contributed by atoms with Crippen LogP contribution in [-0.2, 0) is 5.92 Å². The summed E-state index contributed by atoms with van der Waals surface area (Å²) < 4.78 is 50.0. The van der Waals surface area contributed by atoms with Gasteiger partial charge in [-0.15, -0.1) is 0 Å². The molecule has 0 spiro atoms. The largest absolute Gasteiger partial charge is 0.356 e. The highest BCUT2D eigenvalue weighted by atomic mass is 19.3. The molecule has 0 atom stereocenters. The predicted molar refractivity (Wildman–Crippen MR) is 99.2 cm³/mol. The molecule has 2 N–H and O–H groups in total. The first kappa shape index (κ1) is 18.6. The Labute approximate surface area is 162 Å². The number of aryl methyl sites for hydroxylation is 1. The smallest absolute Gasteiger partial charge is 0.329 e. The molecule has 4 aromatic rings. The van der Waals surface area contributed by atoms with E-state index >= 15 is 8.78 Å². The van der Waals surface area contributed by atoms with Crippen LogP contribution in [0.3, 0.4) is 0 Å². The minimum atomic E-state index is -3.78. The summed E-state index contributed by atoms with van der Waals surface area (Å²) >= 11 is 0. The zero-order valence-corrected chi connectivity index (χ0v) is 15.1. The third kappa shape index (κ3) is 3.20. The van der Waals surface area contributed by atoms with Crippen LogP contribution in [0.2, 0.25) is 0 Å². The Morgan fingerprint density at radius 1 is 1.17 bits per heavy atom. The summed E-state index contributed by atoms with van der Waals surface area (Å²) in [7, 11) is 0. The lowest BCUT2D eigenvalue weighted by Gasteiger charge is -2.20. The molecule has 146 valence electrons. The van der Waals surface area contributed by atoms with Gasteiger partial charge in [0.2, 0.25) is 0 Å². The van der Waals surface area contributed by atoms with Crippen molar-refractivity contribution in [1.82, 2.24) is 14.7 Å². The lowest BCUT2D eigenvalue weighted by Crippen LogP contribution is -2.39. The van der Waals surface area contributed by atoms with Gasteiger partial charge >= 0.3 is 5.92 Å². The van der Waals surface area contributed by atoms with Crippen LogP contribution in [-0.4, -0.2) is 20.5 Å². The minimum Gasteiger partial charge on any atom is -0.356 e. The van der Waals surface area contributed by atoms with E-state index in [2.05, 4.69) is 10.1 Å². The fourth-order valence-electron chi connectivity index (χ4n) is 2.93. The number of hydrogen-bond acceptors (Lipinski definition) is 5. The molecule has 6 nitrogen and oxygen atoms in total. The van der Waals surface area contributed by atoms with Gasteiger partial charge in [-0.1, -0.05) is 17.3 Å². The van der Waals surface area contributed by atoms with E-state index in [4.69, 9.17) is 15.3 Å². The van der Waals surface area contributed by atoms with Gasteiger partial charge in [-0.25, -0.2) is 4.39 Å². The Bertz CT molecular complexity index is 1310. The van der Waals surface area contributed by atoms with Gasteiger partial charge in [0.05, 0.1) is 11.2 Å². The summed E-state index contributed by atoms with van der Waals surface area (Å²) in [6.45, 7) is 1.65. The molecule has 0 aliphatic rings. The van der Waals surface area contributed by atoms with E-state index in [-0.39, 0.29) is 11.3 Å². The molecule has 0 bridgehead atoms. The van der Waals surface area contributed by atoms with Crippen LogP contribution < -0.4 is 5.49 Å². The van der Waals surface area contributed by atoms with Crippen molar-refractivity contribution in [2.45, 2.75) is 12.8 Å². The standard InChI is InChI=1S/C20H14F3N5O/c1-11-7-17(29-27-11)13-9-15(21)18(24)28(10-13)19(25)20(22,23)14-4-5-16-12(8-14)3-2-6-26-16/h2-10,24-25H,1H3. The maximum absolute atomic E-state index is 15.1. The summed E-state index contributed by atoms with van der Waals surface area (Å²) in [6.07, 6.45) is 2.61. The zero-order valence-electron chi connectivity index (χ0n) is 15.1. The van der Waals surface area contributed by atoms with Crippen LogP contribution in [0.25, 0.3) is 22.2 Å². The summed E-state index contributed by atoms with van der Waals surface area (Å²) in [5, 5.41) is 20.0. The number of nitrogens with one attached hydrogen (secondary N) is 2. The molecule has 29 heavy (non-hydrogen) atoms. The molecule has 0 saturated carbocycles. The molecule has 0 aliphatic heterocycles. The van der Waals surface area contributed by atoms with Crippen LogP contribution in [0, 0.1) is 23.6 Å². The predicted octanol–water partition coefficient (Wildman–Crippen LogP) is 4.24. The molecule has 3 heterocycles. The Morgan fingerprint density at radius 3 is 2.69 bits per heavy atom. The average molecular weight is 397 g/mol. The number of fused-ring (bicyclic) bond motifs is 1. The summed E-state index contributed by atoms with van der Waals surface area (Å²) in [4.78, 5) is 4.08. The molecule has 0 saturated heterocycles. The third-order valence-electron chi connectivity index (χ3n) is 4.43. The lowest BCUT2D eigenvalue weighted by molar-refractivity contribution is 0.0706. The normalized spacial score (nSPS) is 11.7. The maximum atomic E-state index is 15.1. The van der Waals surface area contributed by atoms with E-state index in [1.165, 1.54) is 18.2 Å². The monoisotopic (exact) mass is 397 g/mol. The van der Waals surface area contributed by atoms with Gasteiger partial charge in [-0.2, -0.15) is 8.78 Å². The Hall–Kier alpha value is -3.75. The maximum Gasteiger partial charge on any atom is 0.329 e. The molecular formula is C20H14F3N5O. The number of pyridine rings is 2. The van der Waals surface area contributed by atoms with Crippen molar-refractivity contribution in [2.24, 2.45) is 0 Å². The quantitative estimate of drug-likeness (QED) is 0.400. The fraction of sp³-hybridized carbons (Fsp3) is 0.100. The van der Waals surface area contributed by atoms with Crippen molar-refractivity contribution in [3.63, 3.8) is 0 Å². The first-order valence-electron chi connectivity index (χ1n) is 8.50. The Kier molecular flexibility index (Phi) is 4.30. The van der Waals surface area contributed by atoms with Crippen molar-refractivity contribution in [3.05, 3.63) is 77.4 Å². The van der Waals surface area contributed by atoms with E-state index in [1.807, 2.05) is 0 Å². The highest BCUT2D eigenvalue weighted by Gasteiger charge is 2.39. The zero-order chi connectivity index (χ0) is 20.8. The molecule has 0 aliphatic carbocycles. The van der Waals surface area contributed by atoms with Crippen LogP contribution in [0.5, 0.6) is 0 Å². The van der Waals surface area contributed by atoms with Crippen LogP contribution in [0.1, 0.15) is 11.3 Å². The molecule has 0 amide bonds. The first-order valence-corrected chi connectivity index (χ1v) is 8.50. The number of hydrogen-bond donors (Lipinski definition) is 2. The SMILES string of the molecule is Cc1cc(-c2cc(F)c(=N)n(C(=N)C(F)(F)c3ccc4ncccc4c3)c2)on1. The second-order valence-corrected chi connectivity index (χ2v) is 6.46. The molecule has 4 rings (SSSR count). The molecule has 9 heteroatoms. The van der Waals surface area contributed by atoms with Crippen LogP contribution in [0.4, 0.5) is 13.2 Å². The first-order chi connectivity index (χ1) is 13.8. The number of aromatic nitrogens is 3. The second kappa shape index (κ2) is 6.69. The van der Waals surface area contributed by atoms with E-state index in [1.54, 1.807) is 25.3 Å². The van der Waals surface area contributed by atoms with E-state index in [0.717, 1.165) is 18.3 Å². The van der Waals surface area contributed by atoms with Crippen LogP contribution in [0.15, 0.2) is 59.4 Å². The average Bonchev–Trinajstić information content (AvgIpc) is 3.15. The van der Waals surface area contributed by atoms with Gasteiger partial charge < -0.3 is 4.52 Å². The van der Waals surface area contributed by atoms with Gasteiger partial charge in [0.15, 0.2) is 22.9 Å².